The molecule has 3 aromatic carbocycles. The molecule has 9 atom stereocenters. The number of thioether (sulfide) groups is 3. The number of esters is 2. The topological polar surface area (TPSA) is 284 Å². The number of aliphatic hydroxyl groups excluding tert-OH is 3. The van der Waals surface area contributed by atoms with Crippen LogP contribution in [0.2, 0.25) is 0 Å². The number of aliphatic hydroxyl groups is 3. The summed E-state index contributed by atoms with van der Waals surface area (Å²) in [5, 5.41) is 49.9. The lowest BCUT2D eigenvalue weighted by Gasteiger charge is -2.31. The van der Waals surface area contributed by atoms with Crippen LogP contribution in [0.25, 0.3) is 0 Å². The number of rotatable bonds is 17. The normalized spacial score (nSPS) is 18.4. The van der Waals surface area contributed by atoms with E-state index in [-0.39, 0.29) is 53.8 Å². The molecule has 3 amide bonds. The highest BCUT2D eigenvalue weighted by Gasteiger charge is 2.39. The number of carboxylic acid groups (broad SMARTS) is 1. The van der Waals surface area contributed by atoms with Gasteiger partial charge < -0.3 is 46.3 Å². The largest absolute Gasteiger partial charge is 0.478 e. The van der Waals surface area contributed by atoms with Crippen molar-refractivity contribution in [1.82, 2.24) is 16.1 Å². The summed E-state index contributed by atoms with van der Waals surface area (Å²) in [5.41, 5.74) is 10.5. The Morgan fingerprint density at radius 2 is 0.847 bits per heavy atom. The Bertz CT molecular complexity index is 3050. The number of carboxylic acids is 1. The summed E-state index contributed by atoms with van der Waals surface area (Å²) in [4.78, 5) is 70.7. The minimum absolute atomic E-state index is 0.172. The van der Waals surface area contributed by atoms with Crippen LogP contribution in [0.1, 0.15) is 109 Å². The Hall–Kier alpha value is -7.31. The second-order valence-corrected chi connectivity index (χ2v) is 25.6. The van der Waals surface area contributed by atoms with Gasteiger partial charge in [0.15, 0.2) is 0 Å². The zero-order valence-corrected chi connectivity index (χ0v) is 52.1. The lowest BCUT2D eigenvalue weighted by Crippen LogP contribution is -2.55. The zero-order chi connectivity index (χ0) is 63.5. The average Bonchev–Trinajstić information content (AvgIpc) is 4.57. The van der Waals surface area contributed by atoms with Crippen molar-refractivity contribution < 1.29 is 63.9 Å². The first-order valence-electron chi connectivity index (χ1n) is 26.8. The van der Waals surface area contributed by atoms with E-state index in [1.807, 2.05) is 60.3 Å². The summed E-state index contributed by atoms with van der Waals surface area (Å²) in [6.45, 7) is 11.8. The first-order chi connectivity index (χ1) is 40.3. The fourth-order valence-electron chi connectivity index (χ4n) is 7.14. The standard InChI is InChI=1S/C22H25NO4S.C21H24N2O4S.C15H12O3.C7H15NO2S/c1-22(2,28-4)19(21(26)27-3)23-20(25)16-11-9-15(10-12-16)7-5-6-8-17-13-18(17)14-24;1-21(2,28-3)18(20(26)23-27)22-19(25)15-10-8-14(9-11-15)6-4-5-7-16-12-17(16)13-24;16-10-14-9-13(14)4-2-1-3-11-5-7-12(8-6-11)15(17)18;1-7(2,11-4)5(8)6(9)10-3/h9-12,17-19,24H,13-14H2,1-4H3,(H,23,25);8-11,16-18,24,27H,12-13H2,1-3H3,(H,22,25)(H,23,26);5-8,13-14,16H,9-10H2,(H,17,18);5H,8H2,1-4H3/t17?,18-,19-;16?,17-,18-;13?,14-;5-/m1111/s1. The highest BCUT2D eigenvalue weighted by molar-refractivity contribution is 8.00. The lowest BCUT2D eigenvalue weighted by molar-refractivity contribution is -0.144. The molecule has 17 nitrogen and oxygen atoms in total. The van der Waals surface area contributed by atoms with Crippen molar-refractivity contribution in [2.45, 2.75) is 93.2 Å². The Morgan fingerprint density at radius 1 is 0.529 bits per heavy atom. The van der Waals surface area contributed by atoms with Gasteiger partial charge in [-0.25, -0.2) is 15.1 Å². The Morgan fingerprint density at radius 3 is 1.13 bits per heavy atom. The van der Waals surface area contributed by atoms with Gasteiger partial charge in [0.1, 0.15) is 18.1 Å². The monoisotopic (exact) mass is 1220 g/mol. The Balaban J connectivity index is 0.000000312. The fourth-order valence-corrected chi connectivity index (χ4v) is 8.28. The van der Waals surface area contributed by atoms with E-state index in [0.717, 1.165) is 36.0 Å². The van der Waals surface area contributed by atoms with E-state index in [1.54, 1.807) is 77.9 Å². The summed E-state index contributed by atoms with van der Waals surface area (Å²) in [6.07, 6.45) is 8.45. The van der Waals surface area contributed by atoms with Crippen LogP contribution in [0.5, 0.6) is 0 Å². The molecule has 3 aliphatic rings. The van der Waals surface area contributed by atoms with Gasteiger partial charge in [-0.05, 0) is 206 Å². The fraction of sp³-hybridized carbons (Fsp3) is 0.446. The van der Waals surface area contributed by atoms with Gasteiger partial charge in [0.2, 0.25) is 0 Å². The molecule has 3 aliphatic carbocycles. The van der Waals surface area contributed by atoms with E-state index in [0.29, 0.717) is 34.8 Å². The quantitative estimate of drug-likeness (QED) is 0.0349. The number of nitrogens with one attached hydrogen (secondary N) is 3. The third-order valence-electron chi connectivity index (χ3n) is 14.0. The number of nitrogens with two attached hydrogens (primary N) is 1. The predicted octanol–water partition coefficient (Wildman–Crippen LogP) is 5.49. The van der Waals surface area contributed by atoms with Crippen molar-refractivity contribution in [3.63, 3.8) is 0 Å². The second-order valence-electron chi connectivity index (χ2n) is 21.2. The number of methoxy groups -OCH3 is 2. The minimum atomic E-state index is -0.946. The van der Waals surface area contributed by atoms with Crippen LogP contribution in [-0.2, 0) is 23.9 Å². The van der Waals surface area contributed by atoms with E-state index in [2.05, 4.69) is 86.4 Å². The van der Waals surface area contributed by atoms with Crippen molar-refractivity contribution in [1.29, 1.82) is 0 Å². The molecule has 0 saturated heterocycles. The Kier molecular flexibility index (Phi) is 29.8. The highest BCUT2D eigenvalue weighted by atomic mass is 32.2. The van der Waals surface area contributed by atoms with Gasteiger partial charge in [-0.15, -0.1) is 0 Å². The van der Waals surface area contributed by atoms with Gasteiger partial charge in [0, 0.05) is 79.6 Å². The van der Waals surface area contributed by atoms with E-state index >= 15 is 0 Å². The Labute approximate surface area is 512 Å². The lowest BCUT2D eigenvalue weighted by atomic mass is 10.0. The van der Waals surface area contributed by atoms with Gasteiger partial charge in [-0.3, -0.25) is 24.4 Å². The molecule has 0 heterocycles. The maximum absolute atomic E-state index is 12.5. The van der Waals surface area contributed by atoms with E-state index in [1.165, 1.54) is 49.9 Å². The van der Waals surface area contributed by atoms with E-state index in [4.69, 9.17) is 36.1 Å². The maximum atomic E-state index is 12.5. The molecule has 0 aliphatic heterocycles. The molecule has 3 saturated carbocycles. The highest BCUT2D eigenvalue weighted by Crippen LogP contribution is 2.38. The van der Waals surface area contributed by atoms with Crippen LogP contribution in [0.3, 0.4) is 0 Å². The number of ether oxygens (including phenoxy) is 2. The third kappa shape index (κ3) is 24.3. The van der Waals surface area contributed by atoms with Crippen LogP contribution in [0.15, 0.2) is 72.8 Å². The number of hydrogen-bond acceptors (Lipinski definition) is 16. The second kappa shape index (κ2) is 35.2. The third-order valence-corrected chi connectivity index (χ3v) is 17.9. The van der Waals surface area contributed by atoms with Gasteiger partial charge in [0.05, 0.1) is 19.8 Å². The van der Waals surface area contributed by atoms with Crippen LogP contribution in [-0.4, -0.2) is 146 Å². The first kappa shape index (κ1) is 72.0. The minimum Gasteiger partial charge on any atom is -0.478 e. The summed E-state index contributed by atoms with van der Waals surface area (Å²) < 4.78 is 7.98. The van der Waals surface area contributed by atoms with Crippen molar-refractivity contribution in [2.75, 3.05) is 52.8 Å². The molecule has 20 heteroatoms. The number of hydroxylamine groups is 1. The predicted molar refractivity (Wildman–Crippen MR) is 334 cm³/mol. The number of aromatic carboxylic acids is 1. The molecular formula is C65H76N4O13S3. The molecule has 0 bridgehead atoms. The average molecular weight is 1220 g/mol. The first-order valence-corrected chi connectivity index (χ1v) is 30.5. The molecule has 452 valence electrons. The number of carbonyl (C=O) groups is 6. The molecule has 6 rings (SSSR count). The molecule has 3 fully saturated rings. The van der Waals surface area contributed by atoms with Crippen molar-refractivity contribution >= 4 is 70.9 Å². The number of benzene rings is 3. The van der Waals surface area contributed by atoms with Gasteiger partial charge in [-0.1, -0.05) is 35.5 Å². The zero-order valence-electron chi connectivity index (χ0n) is 49.7. The summed E-state index contributed by atoms with van der Waals surface area (Å²) in [5.74, 6) is 32.9. The molecule has 0 spiro atoms. The van der Waals surface area contributed by atoms with Gasteiger partial charge in [0.25, 0.3) is 17.7 Å². The van der Waals surface area contributed by atoms with E-state index < -0.39 is 51.4 Å². The van der Waals surface area contributed by atoms with Gasteiger partial charge >= 0.3 is 17.9 Å². The molecule has 85 heavy (non-hydrogen) atoms. The molecule has 3 aromatic rings. The van der Waals surface area contributed by atoms with Crippen LogP contribution in [0, 0.1) is 107 Å². The number of amides is 3. The number of carbonyl (C=O) groups excluding carboxylic acids is 5. The van der Waals surface area contributed by atoms with Crippen LogP contribution < -0.4 is 21.8 Å². The molecule has 0 radical (unpaired) electrons. The maximum Gasteiger partial charge on any atom is 0.335 e. The molecule has 10 N–H and O–H groups in total. The summed E-state index contributed by atoms with van der Waals surface area (Å²) >= 11 is 4.44. The smallest absolute Gasteiger partial charge is 0.335 e. The van der Waals surface area contributed by atoms with Crippen molar-refractivity contribution in [3.8, 4) is 71.0 Å². The van der Waals surface area contributed by atoms with E-state index in [9.17, 15) is 28.8 Å². The van der Waals surface area contributed by atoms with Crippen molar-refractivity contribution in [2.24, 2.45) is 41.2 Å². The summed E-state index contributed by atoms with van der Waals surface area (Å²) in [6, 6.07) is 17.6. The van der Waals surface area contributed by atoms with Crippen LogP contribution in [0.4, 0.5) is 0 Å². The van der Waals surface area contributed by atoms with Crippen LogP contribution >= 0.6 is 35.3 Å². The molecular weight excluding hydrogens is 1140 g/mol. The molecule has 0 aromatic heterocycles. The SMILES string of the molecule is COC(=O)[C@@H](N)C(C)(C)SC.COC(=O)[C@@H](NC(=O)c1ccc(C#CC#CC2C[C@@H]2CO)cc1)C(C)(C)SC.CSC(C)(C)[C@H](NC(=O)c1ccc(C#CC#CC2C[C@@H]2CO)cc1)C(=O)NO.O=C(O)c1ccc(C#CC#CC2C[C@@H]2CO)cc1. The van der Waals surface area contributed by atoms with Crippen molar-refractivity contribution in [3.05, 3.63) is 106 Å². The van der Waals surface area contributed by atoms with Gasteiger partial charge in [-0.2, -0.15) is 35.3 Å². The summed E-state index contributed by atoms with van der Waals surface area (Å²) in [7, 11) is 2.65. The molecule has 3 unspecified atom stereocenters. The number of hydrogen-bond donors (Lipinski definition) is 9.